The number of anilines is 2. The van der Waals surface area contributed by atoms with Gasteiger partial charge in [0.05, 0.1) is 12.8 Å². The molecule has 0 fully saturated rings. The maximum Gasteiger partial charge on any atom is 0.339 e. The lowest BCUT2D eigenvalue weighted by atomic mass is 10.1. The first-order chi connectivity index (χ1) is 13.7. The van der Waals surface area contributed by atoms with Crippen LogP contribution in [0.1, 0.15) is 10.4 Å². The van der Waals surface area contributed by atoms with Gasteiger partial charge in [-0.25, -0.2) is 17.7 Å². The van der Waals surface area contributed by atoms with Crippen molar-refractivity contribution >= 4 is 50.9 Å². The molecule has 0 aliphatic carbocycles. The summed E-state index contributed by atoms with van der Waals surface area (Å²) in [6.45, 7) is 0. The van der Waals surface area contributed by atoms with Gasteiger partial charge in [0.2, 0.25) is 0 Å². The van der Waals surface area contributed by atoms with E-state index in [4.69, 9.17) is 21.4 Å². The minimum absolute atomic E-state index is 0.0593. The Labute approximate surface area is 176 Å². The van der Waals surface area contributed by atoms with Crippen LogP contribution < -0.4 is 9.04 Å². The number of ether oxygens (including phenoxy) is 1. The molecule has 0 bridgehead atoms. The van der Waals surface area contributed by atoms with Gasteiger partial charge in [0.15, 0.2) is 0 Å². The fourth-order valence-corrected chi connectivity index (χ4v) is 4.68. The quantitative estimate of drug-likeness (QED) is 0.455. The zero-order valence-corrected chi connectivity index (χ0v) is 17.0. The maximum absolute atomic E-state index is 13.7. The van der Waals surface area contributed by atoms with Crippen molar-refractivity contribution in [3.8, 4) is 22.6 Å². The highest BCUT2D eigenvalue weighted by Crippen LogP contribution is 2.46. The van der Waals surface area contributed by atoms with Gasteiger partial charge in [-0.05, 0) is 36.4 Å². The van der Waals surface area contributed by atoms with Gasteiger partial charge in [0, 0.05) is 17.2 Å². The number of hydrogen-bond acceptors (Lipinski definition) is 5. The fourth-order valence-electron chi connectivity index (χ4n) is 2.65. The van der Waals surface area contributed by atoms with Crippen LogP contribution in [-0.2, 0) is 11.3 Å². The van der Waals surface area contributed by atoms with Crippen LogP contribution >= 0.6 is 22.9 Å². The monoisotopic (exact) mass is 457 g/mol. The summed E-state index contributed by atoms with van der Waals surface area (Å²) in [5, 5.41) is 19.1. The van der Waals surface area contributed by atoms with Crippen molar-refractivity contribution in [1.29, 1.82) is 0 Å². The van der Waals surface area contributed by atoms with Crippen LogP contribution in [0.5, 0.6) is 11.5 Å². The number of phenols is 1. The lowest BCUT2D eigenvalue weighted by molar-refractivity contribution is 0.0693. The van der Waals surface area contributed by atoms with Gasteiger partial charge in [0.25, 0.3) is 11.3 Å². The van der Waals surface area contributed by atoms with Crippen molar-refractivity contribution in [3.05, 3.63) is 58.2 Å². The fraction of sp³-hybridized carbons (Fsp3) is 0.0556. The summed E-state index contributed by atoms with van der Waals surface area (Å²) in [6.07, 6.45) is 0. The molecule has 1 aromatic heterocycles. The van der Waals surface area contributed by atoms with E-state index in [0.29, 0.717) is 16.9 Å². The van der Waals surface area contributed by atoms with Gasteiger partial charge < -0.3 is 14.9 Å². The Kier molecular flexibility index (Phi) is 6.08. The number of carboxylic acids is 1. The number of carbonyl (C=O) groups is 1. The molecule has 3 N–H and O–H groups in total. The molecule has 1 unspecified atom stereocenters. The van der Waals surface area contributed by atoms with E-state index in [1.807, 2.05) is 0 Å². The molecule has 29 heavy (non-hydrogen) atoms. The number of thiophene rings is 1. The molecule has 0 aliphatic heterocycles. The van der Waals surface area contributed by atoms with Crippen LogP contribution in [0, 0.1) is 5.82 Å². The Morgan fingerprint density at radius 3 is 2.52 bits per heavy atom. The van der Waals surface area contributed by atoms with E-state index in [9.17, 15) is 23.1 Å². The van der Waals surface area contributed by atoms with Crippen molar-refractivity contribution < 1.29 is 32.9 Å². The molecule has 0 aliphatic rings. The molecule has 0 amide bonds. The number of hydrogen-bond donors (Lipinski definition) is 3. The minimum atomic E-state index is -2.57. The molecule has 0 radical (unpaired) electrons. The molecule has 2 aromatic carbocycles. The highest BCUT2D eigenvalue weighted by molar-refractivity contribution is 7.81. The molecule has 0 saturated heterocycles. The molecule has 3 aromatic rings. The zero-order chi connectivity index (χ0) is 21.3. The van der Waals surface area contributed by atoms with Crippen LogP contribution in [0.4, 0.5) is 15.1 Å². The van der Waals surface area contributed by atoms with Crippen molar-refractivity contribution in [3.63, 3.8) is 0 Å². The smallest absolute Gasteiger partial charge is 0.339 e. The number of nitrogens with zero attached hydrogens (tertiary/aromatic N) is 1. The zero-order valence-electron chi connectivity index (χ0n) is 14.6. The van der Waals surface area contributed by atoms with Crippen molar-refractivity contribution in [1.82, 2.24) is 0 Å². The molecule has 3 rings (SSSR count). The highest BCUT2D eigenvalue weighted by Gasteiger charge is 2.23. The summed E-state index contributed by atoms with van der Waals surface area (Å²) in [5.74, 6) is -2.07. The number of aromatic carboxylic acids is 1. The topological polar surface area (TPSA) is 107 Å². The van der Waals surface area contributed by atoms with E-state index >= 15 is 0 Å². The van der Waals surface area contributed by atoms with Crippen LogP contribution in [0.2, 0.25) is 4.34 Å². The summed E-state index contributed by atoms with van der Waals surface area (Å²) in [5.41, 5.74) is 0.438. The molecule has 11 heteroatoms. The Morgan fingerprint density at radius 1 is 1.21 bits per heavy atom. The van der Waals surface area contributed by atoms with Gasteiger partial charge in [-0.15, -0.1) is 11.3 Å². The van der Waals surface area contributed by atoms with Crippen molar-refractivity contribution in [2.45, 2.75) is 0 Å². The Hall–Kier alpha value is -2.66. The third-order valence-corrected chi connectivity index (χ3v) is 6.11. The third-order valence-electron chi connectivity index (χ3n) is 3.93. The van der Waals surface area contributed by atoms with Crippen molar-refractivity contribution in [2.75, 3.05) is 11.4 Å². The van der Waals surface area contributed by atoms with E-state index in [-0.39, 0.29) is 20.6 Å². The second kappa shape index (κ2) is 8.37. The van der Waals surface area contributed by atoms with Crippen LogP contribution in [-0.4, -0.2) is 32.1 Å². The number of benzene rings is 2. The number of halogens is 2. The number of aromatic hydroxyl groups is 1. The van der Waals surface area contributed by atoms with Crippen LogP contribution in [0.15, 0.2) is 42.5 Å². The van der Waals surface area contributed by atoms with E-state index in [1.165, 1.54) is 37.4 Å². The van der Waals surface area contributed by atoms with E-state index < -0.39 is 28.8 Å². The SMILES string of the molecule is COc1ccc(F)cc1-c1cc(N(c2ccc(C(=O)O)c(O)c2)S(=O)O)sc1Cl. The predicted octanol–water partition coefficient (Wildman–Crippen LogP) is 4.89. The van der Waals surface area contributed by atoms with E-state index in [2.05, 4.69) is 0 Å². The van der Waals surface area contributed by atoms with Gasteiger partial charge in [-0.3, -0.25) is 4.55 Å². The summed E-state index contributed by atoms with van der Waals surface area (Å²) in [6, 6.07) is 8.79. The van der Waals surface area contributed by atoms with E-state index in [0.717, 1.165) is 27.8 Å². The van der Waals surface area contributed by atoms with Gasteiger partial charge in [-0.1, -0.05) is 11.6 Å². The first-order valence-electron chi connectivity index (χ1n) is 7.83. The maximum atomic E-state index is 13.7. The lowest BCUT2D eigenvalue weighted by Gasteiger charge is -2.18. The number of rotatable bonds is 6. The van der Waals surface area contributed by atoms with Crippen LogP contribution in [0.3, 0.4) is 0 Å². The molecule has 1 heterocycles. The summed E-state index contributed by atoms with van der Waals surface area (Å²) >= 11 is 4.67. The number of methoxy groups -OCH3 is 1. The Balaban J connectivity index is 2.11. The second-order valence-electron chi connectivity index (χ2n) is 5.65. The van der Waals surface area contributed by atoms with Crippen molar-refractivity contribution in [2.24, 2.45) is 0 Å². The Morgan fingerprint density at radius 2 is 1.93 bits per heavy atom. The summed E-state index contributed by atoms with van der Waals surface area (Å²) < 4.78 is 41.9. The molecule has 0 spiro atoms. The molecule has 0 saturated carbocycles. The first-order valence-corrected chi connectivity index (χ1v) is 10.1. The summed E-state index contributed by atoms with van der Waals surface area (Å²) in [4.78, 5) is 11.1. The molecule has 7 nitrogen and oxygen atoms in total. The number of carboxylic acid groups (broad SMARTS) is 1. The van der Waals surface area contributed by atoms with Gasteiger partial charge in [0.1, 0.15) is 32.2 Å². The van der Waals surface area contributed by atoms with Gasteiger partial charge >= 0.3 is 5.97 Å². The van der Waals surface area contributed by atoms with Gasteiger partial charge in [-0.2, -0.15) is 0 Å². The molecule has 1 atom stereocenters. The average molecular weight is 458 g/mol. The van der Waals surface area contributed by atoms with Crippen LogP contribution in [0.25, 0.3) is 11.1 Å². The molecule has 152 valence electrons. The predicted molar refractivity (Wildman–Crippen MR) is 109 cm³/mol. The Bertz CT molecular complexity index is 1120. The molecular formula is C18H13ClFNO6S2. The summed E-state index contributed by atoms with van der Waals surface area (Å²) in [7, 11) is 1.42. The largest absolute Gasteiger partial charge is 0.507 e. The highest BCUT2D eigenvalue weighted by atomic mass is 35.5. The van der Waals surface area contributed by atoms with E-state index in [1.54, 1.807) is 0 Å². The normalized spacial score (nSPS) is 11.9. The minimum Gasteiger partial charge on any atom is -0.507 e. The molecular weight excluding hydrogens is 445 g/mol. The first kappa shape index (κ1) is 21.1. The lowest BCUT2D eigenvalue weighted by Crippen LogP contribution is -2.18. The second-order valence-corrected chi connectivity index (χ2v) is 8.11. The third kappa shape index (κ3) is 4.20. The average Bonchev–Trinajstić information content (AvgIpc) is 3.02. The standard InChI is InChI=1S/C18H13ClFNO6S2/c1-27-15-5-2-9(20)6-12(15)13-8-16(28-17(13)19)21(29(25)26)10-3-4-11(18(23)24)14(22)7-10/h2-8,22H,1H3,(H,23,24)(H,25,26).